The Morgan fingerprint density at radius 1 is 1.00 bits per heavy atom. The zero-order chi connectivity index (χ0) is 14.0. The van der Waals surface area contributed by atoms with Crippen LogP contribution in [0.1, 0.15) is 15.9 Å². The lowest BCUT2D eigenvalue weighted by molar-refractivity contribution is 0.0993. The third-order valence-electron chi connectivity index (χ3n) is 2.59. The summed E-state index contributed by atoms with van der Waals surface area (Å²) in [5.74, 6) is -2.29. The standard InChI is InChI=1S/C14H8Cl2F2O/c15-9-2-1-3-10(16)14(9)13(19)7-8-4-5-11(17)12(18)6-8/h1-6H,7H2. The van der Waals surface area contributed by atoms with E-state index in [9.17, 15) is 13.6 Å². The zero-order valence-corrected chi connectivity index (χ0v) is 11.1. The van der Waals surface area contributed by atoms with E-state index < -0.39 is 11.6 Å². The van der Waals surface area contributed by atoms with E-state index in [1.54, 1.807) is 18.2 Å². The smallest absolute Gasteiger partial charge is 0.170 e. The van der Waals surface area contributed by atoms with Gasteiger partial charge in [0.2, 0.25) is 0 Å². The van der Waals surface area contributed by atoms with E-state index >= 15 is 0 Å². The molecule has 0 aromatic heterocycles. The Balaban J connectivity index is 2.28. The van der Waals surface area contributed by atoms with Crippen LogP contribution in [0.2, 0.25) is 10.0 Å². The predicted molar refractivity (Wildman–Crippen MR) is 70.9 cm³/mol. The molecule has 0 aliphatic rings. The maximum absolute atomic E-state index is 13.1. The molecule has 0 aliphatic carbocycles. The van der Waals surface area contributed by atoms with Crippen LogP contribution in [0.15, 0.2) is 36.4 Å². The van der Waals surface area contributed by atoms with Gasteiger partial charge >= 0.3 is 0 Å². The van der Waals surface area contributed by atoms with E-state index in [0.29, 0.717) is 5.56 Å². The number of hydrogen-bond donors (Lipinski definition) is 0. The van der Waals surface area contributed by atoms with Crippen molar-refractivity contribution in [1.29, 1.82) is 0 Å². The zero-order valence-electron chi connectivity index (χ0n) is 9.59. The summed E-state index contributed by atoms with van der Waals surface area (Å²) in [5.41, 5.74) is 0.551. The van der Waals surface area contributed by atoms with Crippen molar-refractivity contribution in [2.45, 2.75) is 6.42 Å². The predicted octanol–water partition coefficient (Wildman–Crippen LogP) is 4.70. The second-order valence-corrected chi connectivity index (χ2v) is 4.76. The number of benzene rings is 2. The topological polar surface area (TPSA) is 17.1 Å². The Kier molecular flexibility index (Phi) is 4.17. The number of halogens is 4. The number of carbonyl (C=O) groups is 1. The van der Waals surface area contributed by atoms with Crippen LogP contribution in [0.3, 0.4) is 0 Å². The minimum Gasteiger partial charge on any atom is -0.294 e. The van der Waals surface area contributed by atoms with Gasteiger partial charge in [-0.2, -0.15) is 0 Å². The lowest BCUT2D eigenvalue weighted by Gasteiger charge is -2.06. The molecular weight excluding hydrogens is 293 g/mol. The summed E-state index contributed by atoms with van der Waals surface area (Å²) in [4.78, 5) is 12.1. The molecule has 0 unspecified atom stereocenters. The molecule has 0 saturated heterocycles. The molecule has 0 aliphatic heterocycles. The molecule has 1 nitrogen and oxygen atoms in total. The molecule has 2 rings (SSSR count). The van der Waals surface area contributed by atoms with Gasteiger partial charge in [0.05, 0.1) is 15.6 Å². The highest BCUT2D eigenvalue weighted by molar-refractivity contribution is 6.39. The second-order valence-electron chi connectivity index (χ2n) is 3.95. The Morgan fingerprint density at radius 2 is 1.63 bits per heavy atom. The maximum Gasteiger partial charge on any atom is 0.170 e. The van der Waals surface area contributed by atoms with Crippen LogP contribution in [0.5, 0.6) is 0 Å². The fourth-order valence-electron chi connectivity index (χ4n) is 1.69. The second kappa shape index (κ2) is 5.68. The van der Waals surface area contributed by atoms with Gasteiger partial charge in [0.15, 0.2) is 17.4 Å². The van der Waals surface area contributed by atoms with Gasteiger partial charge in [-0.3, -0.25) is 4.79 Å². The minimum absolute atomic E-state index is 0.0966. The molecule has 0 heterocycles. The van der Waals surface area contributed by atoms with Crippen molar-refractivity contribution < 1.29 is 13.6 Å². The van der Waals surface area contributed by atoms with Gasteiger partial charge in [-0.25, -0.2) is 8.78 Å². The van der Waals surface area contributed by atoms with Crippen molar-refractivity contribution in [3.8, 4) is 0 Å². The van der Waals surface area contributed by atoms with E-state index in [0.717, 1.165) is 12.1 Å². The summed E-state index contributed by atoms with van der Waals surface area (Å²) in [5, 5.41) is 0.472. The molecule has 2 aromatic carbocycles. The monoisotopic (exact) mass is 300 g/mol. The Morgan fingerprint density at radius 3 is 2.21 bits per heavy atom. The largest absolute Gasteiger partial charge is 0.294 e. The molecule has 0 spiro atoms. The number of carbonyl (C=O) groups excluding carboxylic acids is 1. The van der Waals surface area contributed by atoms with Crippen molar-refractivity contribution in [3.63, 3.8) is 0 Å². The van der Waals surface area contributed by atoms with Gasteiger partial charge in [-0.1, -0.05) is 35.3 Å². The van der Waals surface area contributed by atoms with Gasteiger partial charge in [0.25, 0.3) is 0 Å². The van der Waals surface area contributed by atoms with Crippen LogP contribution in [0, 0.1) is 11.6 Å². The molecule has 19 heavy (non-hydrogen) atoms. The maximum atomic E-state index is 13.1. The first kappa shape index (κ1) is 14.0. The molecule has 0 saturated carbocycles. The van der Waals surface area contributed by atoms with Crippen LogP contribution >= 0.6 is 23.2 Å². The Labute approximate surface area is 118 Å². The quantitative estimate of drug-likeness (QED) is 0.751. The van der Waals surface area contributed by atoms with Crippen molar-refractivity contribution in [2.24, 2.45) is 0 Å². The first-order valence-corrected chi connectivity index (χ1v) is 6.16. The highest BCUT2D eigenvalue weighted by Gasteiger charge is 2.15. The number of Topliss-reactive ketones (excluding diaryl/α,β-unsaturated/α-hetero) is 1. The summed E-state index contributed by atoms with van der Waals surface area (Å²) in [7, 11) is 0. The summed E-state index contributed by atoms with van der Waals surface area (Å²) in [6.45, 7) is 0. The lowest BCUT2D eigenvalue weighted by atomic mass is 10.0. The first-order chi connectivity index (χ1) is 8.99. The average Bonchev–Trinajstić information content (AvgIpc) is 2.33. The van der Waals surface area contributed by atoms with E-state index in [4.69, 9.17) is 23.2 Å². The molecule has 5 heteroatoms. The molecule has 0 atom stereocenters. The summed E-state index contributed by atoms with van der Waals surface area (Å²) in [6, 6.07) is 8.03. The van der Waals surface area contributed by atoms with E-state index in [-0.39, 0.29) is 27.8 Å². The Hall–Kier alpha value is -1.45. The Bertz CT molecular complexity index is 621. The fraction of sp³-hybridized carbons (Fsp3) is 0.0714. The highest BCUT2D eigenvalue weighted by atomic mass is 35.5. The first-order valence-electron chi connectivity index (χ1n) is 5.40. The molecule has 0 N–H and O–H groups in total. The highest BCUT2D eigenvalue weighted by Crippen LogP contribution is 2.26. The van der Waals surface area contributed by atoms with E-state index in [2.05, 4.69) is 0 Å². The van der Waals surface area contributed by atoms with Gasteiger partial charge < -0.3 is 0 Å². The van der Waals surface area contributed by atoms with Crippen molar-refractivity contribution in [1.82, 2.24) is 0 Å². The van der Waals surface area contributed by atoms with Crippen molar-refractivity contribution in [2.75, 3.05) is 0 Å². The molecule has 2 aromatic rings. The molecule has 98 valence electrons. The van der Waals surface area contributed by atoms with Gasteiger partial charge in [0, 0.05) is 6.42 Å². The van der Waals surface area contributed by atoms with Crippen molar-refractivity contribution in [3.05, 3.63) is 69.2 Å². The van der Waals surface area contributed by atoms with Crippen LogP contribution < -0.4 is 0 Å². The molecular formula is C14H8Cl2F2O. The molecule has 0 bridgehead atoms. The van der Waals surface area contributed by atoms with Gasteiger partial charge in [-0.15, -0.1) is 0 Å². The fourth-order valence-corrected chi connectivity index (χ4v) is 2.30. The van der Waals surface area contributed by atoms with Gasteiger partial charge in [0.1, 0.15) is 0 Å². The summed E-state index contributed by atoms with van der Waals surface area (Å²) in [6.07, 6.45) is -0.0966. The normalized spacial score (nSPS) is 10.5. The van der Waals surface area contributed by atoms with Crippen LogP contribution in [-0.2, 0) is 6.42 Å². The number of rotatable bonds is 3. The third kappa shape index (κ3) is 3.11. The van der Waals surface area contributed by atoms with Crippen LogP contribution in [0.25, 0.3) is 0 Å². The number of hydrogen-bond acceptors (Lipinski definition) is 1. The summed E-state index contributed by atoms with van der Waals surface area (Å²) < 4.78 is 25.8. The van der Waals surface area contributed by atoms with Crippen LogP contribution in [-0.4, -0.2) is 5.78 Å². The minimum atomic E-state index is -0.990. The van der Waals surface area contributed by atoms with E-state index in [1.165, 1.54) is 6.07 Å². The third-order valence-corrected chi connectivity index (χ3v) is 3.22. The number of ketones is 1. The van der Waals surface area contributed by atoms with E-state index in [1.807, 2.05) is 0 Å². The lowest BCUT2D eigenvalue weighted by Crippen LogP contribution is -2.06. The average molecular weight is 301 g/mol. The summed E-state index contributed by atoms with van der Waals surface area (Å²) >= 11 is 11.8. The molecule has 0 radical (unpaired) electrons. The van der Waals surface area contributed by atoms with Crippen molar-refractivity contribution >= 4 is 29.0 Å². The SMILES string of the molecule is O=C(Cc1ccc(F)c(F)c1)c1c(Cl)cccc1Cl. The molecule has 0 fully saturated rings. The molecule has 0 amide bonds. The van der Waals surface area contributed by atoms with Gasteiger partial charge in [-0.05, 0) is 29.8 Å². The van der Waals surface area contributed by atoms with Crippen LogP contribution in [0.4, 0.5) is 8.78 Å².